The van der Waals surface area contributed by atoms with Crippen molar-refractivity contribution in [2.45, 2.75) is 64.5 Å². The molecule has 0 spiro atoms. The number of likely N-dealkylation sites (tertiary alicyclic amines) is 1. The lowest BCUT2D eigenvalue weighted by Gasteiger charge is -2.33. The lowest BCUT2D eigenvalue weighted by molar-refractivity contribution is -0.139. The van der Waals surface area contributed by atoms with Gasteiger partial charge in [0.25, 0.3) is 11.5 Å². The van der Waals surface area contributed by atoms with Crippen molar-refractivity contribution in [2.24, 2.45) is 0 Å². The molecular weight excluding hydrogens is 366 g/mol. The summed E-state index contributed by atoms with van der Waals surface area (Å²) in [5.74, 6) is 1.23. The number of carbonyl (C=O) groups excluding carboxylic acids is 1. The van der Waals surface area contributed by atoms with Crippen LogP contribution in [0.1, 0.15) is 61.4 Å². The average molecular weight is 396 g/mol. The molecule has 1 saturated carbocycles. The molecular formula is C23H29N3O3. The van der Waals surface area contributed by atoms with E-state index in [2.05, 4.69) is 12.0 Å². The first-order chi connectivity index (χ1) is 13.9. The Kier molecular flexibility index (Phi) is 5.43. The summed E-state index contributed by atoms with van der Waals surface area (Å²) in [5, 5.41) is 4.61. The molecule has 1 aliphatic carbocycles. The Bertz CT molecular complexity index is 956. The number of piperidine rings is 1. The summed E-state index contributed by atoms with van der Waals surface area (Å²) >= 11 is 0. The molecule has 0 radical (unpaired) electrons. The van der Waals surface area contributed by atoms with Crippen molar-refractivity contribution >= 4 is 5.91 Å². The standard InChI is InChI=1S/C23H29N3O3/c1-15-4-7-20(14-16(15)2)29-17(3)23(28)25-12-10-19(11-13-25)26-22(27)9-8-21(24-26)18-5-6-18/h4,7-9,14,17-19H,5-6,10-13H2,1-3H3. The molecule has 2 aromatic rings. The van der Waals surface area contributed by atoms with E-state index < -0.39 is 6.10 Å². The maximum atomic E-state index is 12.8. The van der Waals surface area contributed by atoms with Crippen molar-refractivity contribution in [3.8, 4) is 5.75 Å². The van der Waals surface area contributed by atoms with Crippen molar-refractivity contribution in [2.75, 3.05) is 13.1 Å². The van der Waals surface area contributed by atoms with Gasteiger partial charge < -0.3 is 9.64 Å². The predicted octanol–water partition coefficient (Wildman–Crippen LogP) is 3.37. The molecule has 154 valence electrons. The van der Waals surface area contributed by atoms with Crippen LogP contribution in [0, 0.1) is 13.8 Å². The van der Waals surface area contributed by atoms with Gasteiger partial charge in [-0.3, -0.25) is 9.59 Å². The van der Waals surface area contributed by atoms with Crippen LogP contribution in [0.4, 0.5) is 0 Å². The number of aryl methyl sites for hydroxylation is 2. The number of hydrogen-bond donors (Lipinski definition) is 0. The van der Waals surface area contributed by atoms with Gasteiger partial charge in [-0.1, -0.05) is 6.07 Å². The minimum atomic E-state index is -0.535. The summed E-state index contributed by atoms with van der Waals surface area (Å²) in [4.78, 5) is 27.0. The highest BCUT2D eigenvalue weighted by atomic mass is 16.5. The summed E-state index contributed by atoms with van der Waals surface area (Å²) in [6.45, 7) is 7.12. The zero-order chi connectivity index (χ0) is 20.5. The van der Waals surface area contributed by atoms with Gasteiger partial charge in [0.15, 0.2) is 6.10 Å². The first-order valence-electron chi connectivity index (χ1n) is 10.5. The van der Waals surface area contributed by atoms with Gasteiger partial charge in [0.2, 0.25) is 0 Å². The predicted molar refractivity (Wildman–Crippen MR) is 111 cm³/mol. The molecule has 1 aromatic carbocycles. The summed E-state index contributed by atoms with van der Waals surface area (Å²) in [7, 11) is 0. The third-order valence-corrected chi connectivity index (χ3v) is 6.10. The van der Waals surface area contributed by atoms with Gasteiger partial charge >= 0.3 is 0 Å². The van der Waals surface area contributed by atoms with Gasteiger partial charge in [-0.15, -0.1) is 0 Å². The number of nitrogens with zero attached hydrogens (tertiary/aromatic N) is 3. The van der Waals surface area contributed by atoms with Crippen LogP contribution in [0.3, 0.4) is 0 Å². The van der Waals surface area contributed by atoms with E-state index in [0.29, 0.717) is 19.0 Å². The lowest BCUT2D eigenvalue weighted by atomic mass is 10.0. The minimum absolute atomic E-state index is 0.00582. The Balaban J connectivity index is 1.36. The monoisotopic (exact) mass is 395 g/mol. The molecule has 2 aliphatic rings. The van der Waals surface area contributed by atoms with Crippen LogP contribution < -0.4 is 10.3 Å². The quantitative estimate of drug-likeness (QED) is 0.779. The van der Waals surface area contributed by atoms with Gasteiger partial charge in [0, 0.05) is 25.1 Å². The Hall–Kier alpha value is -2.63. The van der Waals surface area contributed by atoms with Gasteiger partial charge in [-0.05, 0) is 75.8 Å². The van der Waals surface area contributed by atoms with Crippen LogP contribution in [0.25, 0.3) is 0 Å². The number of aromatic nitrogens is 2. The Labute approximate surface area is 171 Å². The van der Waals surface area contributed by atoms with E-state index in [1.165, 1.54) is 5.56 Å². The number of benzene rings is 1. The van der Waals surface area contributed by atoms with E-state index in [1.807, 2.05) is 36.1 Å². The first kappa shape index (κ1) is 19.7. The normalized spacial score (nSPS) is 18.5. The molecule has 6 heteroatoms. The summed E-state index contributed by atoms with van der Waals surface area (Å²) in [5.41, 5.74) is 3.33. The fraction of sp³-hybridized carbons (Fsp3) is 0.522. The van der Waals surface area contributed by atoms with E-state index in [9.17, 15) is 9.59 Å². The fourth-order valence-corrected chi connectivity index (χ4v) is 3.93. The van der Waals surface area contributed by atoms with Crippen molar-refractivity contribution < 1.29 is 9.53 Å². The fourth-order valence-electron chi connectivity index (χ4n) is 3.93. The highest BCUT2D eigenvalue weighted by Crippen LogP contribution is 2.38. The van der Waals surface area contributed by atoms with Crippen molar-refractivity contribution in [3.63, 3.8) is 0 Å². The van der Waals surface area contributed by atoms with Crippen molar-refractivity contribution in [1.82, 2.24) is 14.7 Å². The highest BCUT2D eigenvalue weighted by Gasteiger charge is 2.30. The minimum Gasteiger partial charge on any atom is -0.481 e. The maximum Gasteiger partial charge on any atom is 0.267 e. The number of ether oxygens (including phenoxy) is 1. The second kappa shape index (κ2) is 8.01. The van der Waals surface area contributed by atoms with Crippen LogP contribution in [0.2, 0.25) is 0 Å². The molecule has 4 rings (SSSR count). The molecule has 1 unspecified atom stereocenters. The molecule has 0 N–H and O–H groups in total. The van der Waals surface area contributed by atoms with Crippen molar-refractivity contribution in [3.05, 3.63) is 57.5 Å². The highest BCUT2D eigenvalue weighted by molar-refractivity contribution is 5.81. The van der Waals surface area contributed by atoms with Gasteiger partial charge in [-0.2, -0.15) is 5.10 Å². The van der Waals surface area contributed by atoms with E-state index in [4.69, 9.17) is 4.74 Å². The molecule has 1 aromatic heterocycles. The van der Waals surface area contributed by atoms with Crippen LogP contribution >= 0.6 is 0 Å². The number of amides is 1. The largest absolute Gasteiger partial charge is 0.481 e. The zero-order valence-electron chi connectivity index (χ0n) is 17.4. The second-order valence-electron chi connectivity index (χ2n) is 8.38. The SMILES string of the molecule is Cc1ccc(OC(C)C(=O)N2CCC(n3nc(C4CC4)ccc3=O)CC2)cc1C. The van der Waals surface area contributed by atoms with E-state index in [-0.39, 0.29) is 17.5 Å². The summed E-state index contributed by atoms with van der Waals surface area (Å²) in [6, 6.07) is 9.44. The molecule has 1 atom stereocenters. The van der Waals surface area contributed by atoms with Crippen LogP contribution in [-0.2, 0) is 4.79 Å². The molecule has 0 bridgehead atoms. The lowest BCUT2D eigenvalue weighted by Crippen LogP contribution is -2.46. The molecule has 2 heterocycles. The van der Waals surface area contributed by atoms with E-state index in [1.54, 1.807) is 17.7 Å². The summed E-state index contributed by atoms with van der Waals surface area (Å²) < 4.78 is 7.53. The molecule has 2 fully saturated rings. The van der Waals surface area contributed by atoms with Crippen LogP contribution in [-0.4, -0.2) is 39.8 Å². The Morgan fingerprint density at radius 1 is 1.07 bits per heavy atom. The Morgan fingerprint density at radius 3 is 2.45 bits per heavy atom. The van der Waals surface area contributed by atoms with Crippen LogP contribution in [0.5, 0.6) is 5.75 Å². The maximum absolute atomic E-state index is 12.8. The van der Waals surface area contributed by atoms with Gasteiger partial charge in [0.1, 0.15) is 5.75 Å². The number of carbonyl (C=O) groups is 1. The second-order valence-corrected chi connectivity index (χ2v) is 8.38. The molecule has 1 saturated heterocycles. The summed E-state index contributed by atoms with van der Waals surface area (Å²) in [6.07, 6.45) is 3.27. The average Bonchev–Trinajstić information content (AvgIpc) is 3.56. The van der Waals surface area contributed by atoms with Crippen molar-refractivity contribution in [1.29, 1.82) is 0 Å². The molecule has 29 heavy (non-hydrogen) atoms. The Morgan fingerprint density at radius 2 is 1.79 bits per heavy atom. The number of rotatable bonds is 5. The van der Waals surface area contributed by atoms with Gasteiger partial charge in [0.05, 0.1) is 11.7 Å². The zero-order valence-corrected chi connectivity index (χ0v) is 17.4. The third kappa shape index (κ3) is 4.36. The smallest absolute Gasteiger partial charge is 0.267 e. The molecule has 6 nitrogen and oxygen atoms in total. The van der Waals surface area contributed by atoms with E-state index in [0.717, 1.165) is 42.7 Å². The van der Waals surface area contributed by atoms with Gasteiger partial charge in [-0.25, -0.2) is 4.68 Å². The van der Waals surface area contributed by atoms with Crippen LogP contribution in [0.15, 0.2) is 35.1 Å². The van der Waals surface area contributed by atoms with E-state index >= 15 is 0 Å². The first-order valence-corrected chi connectivity index (χ1v) is 10.5. The molecule has 1 amide bonds. The topological polar surface area (TPSA) is 64.4 Å². The molecule has 1 aliphatic heterocycles. The number of hydrogen-bond acceptors (Lipinski definition) is 4. The third-order valence-electron chi connectivity index (χ3n) is 6.10.